The summed E-state index contributed by atoms with van der Waals surface area (Å²) in [7, 11) is 5.77. The van der Waals surface area contributed by atoms with Crippen molar-refractivity contribution in [3.63, 3.8) is 0 Å². The predicted octanol–water partition coefficient (Wildman–Crippen LogP) is 1.64. The fourth-order valence-electron chi connectivity index (χ4n) is 1.44. The fraction of sp³-hybridized carbons (Fsp3) is 0.500. The van der Waals surface area contributed by atoms with Crippen LogP contribution >= 0.6 is 11.8 Å². The van der Waals surface area contributed by atoms with E-state index in [4.69, 9.17) is 0 Å². The standard InChI is InChI=1S/C12H19N7S/c1-5-6-13-9-15-10(18(2)3)17-11(16-9)20-12-14-7-8-19(12)4/h7-8H,5-6H2,1-4H3,(H,13,15,16,17). The van der Waals surface area contributed by atoms with Crippen molar-refractivity contribution in [3.8, 4) is 0 Å². The van der Waals surface area contributed by atoms with Crippen LogP contribution < -0.4 is 10.2 Å². The van der Waals surface area contributed by atoms with Crippen LogP contribution in [0.5, 0.6) is 0 Å². The molecule has 108 valence electrons. The van der Waals surface area contributed by atoms with E-state index in [-0.39, 0.29) is 0 Å². The highest BCUT2D eigenvalue weighted by Crippen LogP contribution is 2.24. The van der Waals surface area contributed by atoms with E-state index in [0.29, 0.717) is 17.1 Å². The molecular formula is C12H19N7S. The normalized spacial score (nSPS) is 10.6. The maximum Gasteiger partial charge on any atom is 0.230 e. The van der Waals surface area contributed by atoms with Crippen molar-refractivity contribution in [2.45, 2.75) is 23.7 Å². The number of aromatic nitrogens is 5. The molecule has 1 N–H and O–H groups in total. The van der Waals surface area contributed by atoms with Gasteiger partial charge in [-0.15, -0.1) is 0 Å². The lowest BCUT2D eigenvalue weighted by Gasteiger charge is -2.12. The van der Waals surface area contributed by atoms with Gasteiger partial charge in [-0.05, 0) is 18.2 Å². The first-order valence-corrected chi connectivity index (χ1v) is 7.24. The van der Waals surface area contributed by atoms with Crippen LogP contribution in [0.15, 0.2) is 22.7 Å². The fourth-order valence-corrected chi connectivity index (χ4v) is 2.18. The Morgan fingerprint density at radius 1 is 1.30 bits per heavy atom. The third-order valence-electron chi connectivity index (χ3n) is 2.50. The van der Waals surface area contributed by atoms with E-state index in [1.807, 2.05) is 36.8 Å². The van der Waals surface area contributed by atoms with E-state index in [2.05, 4.69) is 32.2 Å². The lowest BCUT2D eigenvalue weighted by Crippen LogP contribution is -2.16. The Kier molecular flexibility index (Phi) is 4.78. The van der Waals surface area contributed by atoms with Crippen molar-refractivity contribution >= 4 is 23.7 Å². The molecular weight excluding hydrogens is 274 g/mol. The highest BCUT2D eigenvalue weighted by molar-refractivity contribution is 7.99. The monoisotopic (exact) mass is 293 g/mol. The zero-order valence-electron chi connectivity index (χ0n) is 12.2. The van der Waals surface area contributed by atoms with Gasteiger partial charge in [-0.2, -0.15) is 15.0 Å². The minimum Gasteiger partial charge on any atom is -0.354 e. The van der Waals surface area contributed by atoms with Gasteiger partial charge in [-0.3, -0.25) is 0 Å². The maximum atomic E-state index is 4.43. The Balaban J connectivity index is 2.26. The second kappa shape index (κ2) is 6.56. The van der Waals surface area contributed by atoms with Crippen LogP contribution in [0.1, 0.15) is 13.3 Å². The van der Waals surface area contributed by atoms with Crippen molar-refractivity contribution in [2.75, 3.05) is 30.9 Å². The summed E-state index contributed by atoms with van der Waals surface area (Å²) in [5, 5.41) is 4.68. The number of nitrogens with one attached hydrogen (secondary N) is 1. The van der Waals surface area contributed by atoms with Crippen LogP contribution in [0.3, 0.4) is 0 Å². The molecule has 0 bridgehead atoms. The van der Waals surface area contributed by atoms with Gasteiger partial charge in [-0.25, -0.2) is 4.98 Å². The van der Waals surface area contributed by atoms with Gasteiger partial charge in [0, 0.05) is 40.1 Å². The van der Waals surface area contributed by atoms with Crippen molar-refractivity contribution in [2.24, 2.45) is 7.05 Å². The van der Waals surface area contributed by atoms with Gasteiger partial charge < -0.3 is 14.8 Å². The minimum absolute atomic E-state index is 0.599. The highest BCUT2D eigenvalue weighted by atomic mass is 32.2. The molecule has 0 aliphatic heterocycles. The molecule has 0 spiro atoms. The number of hydrogen-bond donors (Lipinski definition) is 1. The molecule has 2 aromatic rings. The first-order chi connectivity index (χ1) is 9.60. The molecule has 0 atom stereocenters. The van der Waals surface area contributed by atoms with E-state index in [0.717, 1.165) is 18.1 Å². The van der Waals surface area contributed by atoms with E-state index >= 15 is 0 Å². The van der Waals surface area contributed by atoms with E-state index in [9.17, 15) is 0 Å². The minimum atomic E-state index is 0.599. The van der Waals surface area contributed by atoms with Crippen molar-refractivity contribution in [1.29, 1.82) is 0 Å². The molecule has 0 amide bonds. The largest absolute Gasteiger partial charge is 0.354 e. The van der Waals surface area contributed by atoms with Crippen LogP contribution in [-0.4, -0.2) is 45.1 Å². The van der Waals surface area contributed by atoms with E-state index in [1.165, 1.54) is 11.8 Å². The molecule has 0 aromatic carbocycles. The molecule has 2 rings (SSSR count). The summed E-state index contributed by atoms with van der Waals surface area (Å²) in [4.78, 5) is 19.4. The van der Waals surface area contributed by atoms with Gasteiger partial charge in [-0.1, -0.05) is 6.92 Å². The first kappa shape index (κ1) is 14.6. The van der Waals surface area contributed by atoms with E-state index in [1.54, 1.807) is 6.20 Å². The van der Waals surface area contributed by atoms with Crippen LogP contribution in [0.2, 0.25) is 0 Å². The number of anilines is 2. The summed E-state index contributed by atoms with van der Waals surface area (Å²) < 4.78 is 1.93. The van der Waals surface area contributed by atoms with Crippen molar-refractivity contribution in [1.82, 2.24) is 24.5 Å². The summed E-state index contributed by atoms with van der Waals surface area (Å²) in [6.45, 7) is 2.94. The highest BCUT2D eigenvalue weighted by Gasteiger charge is 2.11. The lowest BCUT2D eigenvalue weighted by molar-refractivity contribution is 0.781. The third-order valence-corrected chi connectivity index (χ3v) is 3.44. The predicted molar refractivity (Wildman–Crippen MR) is 80.3 cm³/mol. The van der Waals surface area contributed by atoms with Gasteiger partial charge in [0.15, 0.2) is 5.16 Å². The second-order valence-electron chi connectivity index (χ2n) is 4.49. The molecule has 2 heterocycles. The zero-order valence-corrected chi connectivity index (χ0v) is 13.0. The van der Waals surface area contributed by atoms with E-state index < -0.39 is 0 Å². The Morgan fingerprint density at radius 2 is 2.10 bits per heavy atom. The SMILES string of the molecule is CCCNc1nc(Sc2nccn2C)nc(N(C)C)n1. The zero-order chi connectivity index (χ0) is 14.5. The summed E-state index contributed by atoms with van der Waals surface area (Å²) in [5.74, 6) is 1.23. The van der Waals surface area contributed by atoms with Gasteiger partial charge in [0.25, 0.3) is 0 Å². The van der Waals surface area contributed by atoms with Crippen LogP contribution in [0, 0.1) is 0 Å². The number of aryl methyl sites for hydroxylation is 1. The smallest absolute Gasteiger partial charge is 0.230 e. The molecule has 0 radical (unpaired) electrons. The molecule has 2 aromatic heterocycles. The lowest BCUT2D eigenvalue weighted by atomic mass is 10.5. The maximum absolute atomic E-state index is 4.43. The van der Waals surface area contributed by atoms with Crippen LogP contribution in [0.25, 0.3) is 0 Å². The van der Waals surface area contributed by atoms with Crippen LogP contribution in [0.4, 0.5) is 11.9 Å². The molecule has 0 saturated carbocycles. The van der Waals surface area contributed by atoms with Crippen molar-refractivity contribution < 1.29 is 0 Å². The Bertz CT molecular complexity index is 567. The Hall–Kier alpha value is -1.83. The van der Waals surface area contributed by atoms with Gasteiger partial charge in [0.1, 0.15) is 0 Å². The molecule has 7 nitrogen and oxygen atoms in total. The van der Waals surface area contributed by atoms with Gasteiger partial charge >= 0.3 is 0 Å². The van der Waals surface area contributed by atoms with Crippen molar-refractivity contribution in [3.05, 3.63) is 12.4 Å². The molecule has 0 aliphatic rings. The summed E-state index contributed by atoms with van der Waals surface area (Å²) >= 11 is 1.42. The number of rotatable bonds is 6. The summed E-state index contributed by atoms with van der Waals surface area (Å²) in [5.41, 5.74) is 0. The van der Waals surface area contributed by atoms with Gasteiger partial charge in [0.05, 0.1) is 0 Å². The Labute approximate surface area is 122 Å². The molecule has 0 aliphatic carbocycles. The molecule has 0 fully saturated rings. The third kappa shape index (κ3) is 3.60. The average Bonchev–Trinajstić information content (AvgIpc) is 2.81. The topological polar surface area (TPSA) is 71.8 Å². The van der Waals surface area contributed by atoms with Crippen LogP contribution in [-0.2, 0) is 7.05 Å². The number of imidazole rings is 1. The first-order valence-electron chi connectivity index (χ1n) is 6.42. The second-order valence-corrected chi connectivity index (χ2v) is 5.42. The number of hydrogen-bond acceptors (Lipinski definition) is 7. The average molecular weight is 293 g/mol. The summed E-state index contributed by atoms with van der Waals surface area (Å²) in [6, 6.07) is 0. The van der Waals surface area contributed by atoms with Gasteiger partial charge in [0.2, 0.25) is 17.1 Å². The quantitative estimate of drug-likeness (QED) is 0.868. The summed E-state index contributed by atoms with van der Waals surface area (Å²) in [6.07, 6.45) is 4.67. The molecule has 0 saturated heterocycles. The molecule has 8 heteroatoms. The molecule has 20 heavy (non-hydrogen) atoms. The molecule has 0 unspecified atom stereocenters. The number of nitrogens with zero attached hydrogens (tertiary/aromatic N) is 6. The Morgan fingerprint density at radius 3 is 2.70 bits per heavy atom.